The average molecular weight is 332 g/mol. The van der Waals surface area contributed by atoms with E-state index in [4.69, 9.17) is 4.74 Å². The van der Waals surface area contributed by atoms with E-state index in [0.717, 1.165) is 27.0 Å². The van der Waals surface area contributed by atoms with E-state index < -0.39 is 0 Å². The Morgan fingerprint density at radius 2 is 2.05 bits per heavy atom. The molecule has 0 aromatic heterocycles. The summed E-state index contributed by atoms with van der Waals surface area (Å²) in [7, 11) is 1.65. The second-order valence-corrected chi connectivity index (χ2v) is 5.71. The van der Waals surface area contributed by atoms with Crippen LogP contribution in [-0.4, -0.2) is 13.0 Å². The van der Waals surface area contributed by atoms with Crippen LogP contribution in [0.1, 0.15) is 17.0 Å². The van der Waals surface area contributed by atoms with E-state index in [0.29, 0.717) is 6.42 Å². The van der Waals surface area contributed by atoms with Gasteiger partial charge in [-0.2, -0.15) is 0 Å². The Morgan fingerprint density at radius 3 is 2.85 bits per heavy atom. The fraction of sp³-hybridized carbons (Fsp3) is 0.188. The van der Waals surface area contributed by atoms with E-state index in [1.807, 2.05) is 42.5 Å². The van der Waals surface area contributed by atoms with E-state index in [1.54, 1.807) is 7.11 Å². The van der Waals surface area contributed by atoms with Crippen LogP contribution in [0.15, 0.2) is 46.9 Å². The predicted octanol–water partition coefficient (Wildman–Crippen LogP) is 3.74. The van der Waals surface area contributed by atoms with Crippen LogP contribution in [0.2, 0.25) is 0 Å². The highest BCUT2D eigenvalue weighted by molar-refractivity contribution is 9.10. The molecule has 1 aliphatic rings. The fourth-order valence-corrected chi connectivity index (χ4v) is 3.01. The zero-order valence-electron chi connectivity index (χ0n) is 11.0. The van der Waals surface area contributed by atoms with Crippen molar-refractivity contribution in [1.29, 1.82) is 0 Å². The topological polar surface area (TPSA) is 38.3 Å². The fourth-order valence-electron chi connectivity index (χ4n) is 2.61. The third kappa shape index (κ3) is 2.31. The van der Waals surface area contributed by atoms with Gasteiger partial charge in [0.25, 0.3) is 0 Å². The second kappa shape index (κ2) is 5.29. The molecule has 0 fully saturated rings. The third-order valence-electron chi connectivity index (χ3n) is 3.58. The van der Waals surface area contributed by atoms with Gasteiger partial charge in [0, 0.05) is 10.2 Å². The first-order valence-electron chi connectivity index (χ1n) is 6.41. The summed E-state index contributed by atoms with van der Waals surface area (Å²) in [6, 6.07) is 13.7. The molecule has 1 aliphatic heterocycles. The Balaban J connectivity index is 1.96. The van der Waals surface area contributed by atoms with Gasteiger partial charge in [-0.1, -0.05) is 34.1 Å². The maximum Gasteiger partial charge on any atom is 0.232 e. The highest BCUT2D eigenvalue weighted by Crippen LogP contribution is 2.36. The van der Waals surface area contributed by atoms with Gasteiger partial charge in [-0.05, 0) is 41.8 Å². The van der Waals surface area contributed by atoms with Crippen LogP contribution in [-0.2, 0) is 11.2 Å². The first-order valence-corrected chi connectivity index (χ1v) is 7.20. The number of carbonyl (C=O) groups is 1. The van der Waals surface area contributed by atoms with Crippen molar-refractivity contribution in [1.82, 2.24) is 0 Å². The van der Waals surface area contributed by atoms with E-state index in [2.05, 4.69) is 21.2 Å². The molecule has 0 bridgehead atoms. The van der Waals surface area contributed by atoms with Gasteiger partial charge in [0.2, 0.25) is 5.91 Å². The molecule has 2 aromatic rings. The normalized spacial score (nSPS) is 16.7. The van der Waals surface area contributed by atoms with E-state index in [9.17, 15) is 4.79 Å². The molecule has 3 rings (SSSR count). The molecule has 0 saturated heterocycles. The summed E-state index contributed by atoms with van der Waals surface area (Å²) in [6.07, 6.45) is 0.630. The monoisotopic (exact) mass is 331 g/mol. The molecule has 1 unspecified atom stereocenters. The van der Waals surface area contributed by atoms with Crippen LogP contribution < -0.4 is 10.1 Å². The number of ether oxygens (including phenoxy) is 1. The number of carbonyl (C=O) groups excluding carboxylic acids is 1. The zero-order valence-corrected chi connectivity index (χ0v) is 12.6. The van der Waals surface area contributed by atoms with Crippen LogP contribution in [0, 0.1) is 0 Å². The highest BCUT2D eigenvalue weighted by Gasteiger charge is 2.30. The number of rotatable bonds is 3. The van der Waals surface area contributed by atoms with Crippen molar-refractivity contribution >= 4 is 27.5 Å². The maximum absolute atomic E-state index is 12.2. The molecule has 3 nitrogen and oxygen atoms in total. The summed E-state index contributed by atoms with van der Waals surface area (Å²) in [5.41, 5.74) is 3.00. The molecular weight excluding hydrogens is 318 g/mol. The summed E-state index contributed by atoms with van der Waals surface area (Å²) in [6.45, 7) is 0. The molecule has 1 amide bonds. The molecule has 0 saturated carbocycles. The number of hydrogen-bond acceptors (Lipinski definition) is 2. The minimum absolute atomic E-state index is 0.0493. The zero-order chi connectivity index (χ0) is 14.1. The lowest BCUT2D eigenvalue weighted by molar-refractivity contribution is -0.117. The van der Waals surface area contributed by atoms with E-state index >= 15 is 0 Å². The molecule has 4 heteroatoms. The first-order chi connectivity index (χ1) is 9.69. The number of methoxy groups -OCH3 is 1. The smallest absolute Gasteiger partial charge is 0.232 e. The molecule has 1 N–H and O–H groups in total. The minimum atomic E-state index is -0.158. The lowest BCUT2D eigenvalue weighted by Crippen LogP contribution is -2.14. The van der Waals surface area contributed by atoms with Crippen molar-refractivity contribution in [3.05, 3.63) is 58.1 Å². The molecule has 20 heavy (non-hydrogen) atoms. The second-order valence-electron chi connectivity index (χ2n) is 4.79. The van der Waals surface area contributed by atoms with Crippen LogP contribution in [0.25, 0.3) is 0 Å². The van der Waals surface area contributed by atoms with Gasteiger partial charge >= 0.3 is 0 Å². The first kappa shape index (κ1) is 13.2. The number of fused-ring (bicyclic) bond motifs is 1. The number of hydrogen-bond donors (Lipinski definition) is 1. The van der Waals surface area contributed by atoms with Crippen molar-refractivity contribution in [2.45, 2.75) is 12.3 Å². The molecule has 2 aromatic carbocycles. The molecule has 1 heterocycles. The molecule has 102 valence electrons. The Morgan fingerprint density at radius 1 is 1.25 bits per heavy atom. The number of amides is 1. The molecule has 1 atom stereocenters. The van der Waals surface area contributed by atoms with Gasteiger partial charge in [-0.15, -0.1) is 0 Å². The maximum atomic E-state index is 12.2. The van der Waals surface area contributed by atoms with Gasteiger partial charge in [0.1, 0.15) is 5.75 Å². The van der Waals surface area contributed by atoms with Crippen molar-refractivity contribution in [2.24, 2.45) is 0 Å². The van der Waals surface area contributed by atoms with Gasteiger partial charge in [-0.25, -0.2) is 0 Å². The Hall–Kier alpha value is -1.81. The largest absolute Gasteiger partial charge is 0.496 e. The SMILES string of the molecule is COc1ccc(Br)cc1CC1C(=O)Nc2ccccc21. The summed E-state index contributed by atoms with van der Waals surface area (Å²) in [5, 5.41) is 2.93. The van der Waals surface area contributed by atoms with Crippen molar-refractivity contribution < 1.29 is 9.53 Å². The van der Waals surface area contributed by atoms with Gasteiger partial charge in [-0.3, -0.25) is 4.79 Å². The van der Waals surface area contributed by atoms with Crippen LogP contribution in [0.4, 0.5) is 5.69 Å². The molecular formula is C16H14BrNO2. The Bertz CT molecular complexity index is 669. The molecule has 0 spiro atoms. The predicted molar refractivity (Wildman–Crippen MR) is 82.2 cm³/mol. The van der Waals surface area contributed by atoms with Crippen LogP contribution in [0.3, 0.4) is 0 Å². The minimum Gasteiger partial charge on any atom is -0.496 e. The quantitative estimate of drug-likeness (QED) is 0.930. The average Bonchev–Trinajstić information content (AvgIpc) is 2.76. The van der Waals surface area contributed by atoms with E-state index in [-0.39, 0.29) is 11.8 Å². The van der Waals surface area contributed by atoms with Gasteiger partial charge < -0.3 is 10.1 Å². The van der Waals surface area contributed by atoms with Crippen molar-refractivity contribution in [3.8, 4) is 5.75 Å². The van der Waals surface area contributed by atoms with E-state index in [1.165, 1.54) is 0 Å². The number of nitrogens with one attached hydrogen (secondary N) is 1. The summed E-state index contributed by atoms with van der Waals surface area (Å²) >= 11 is 3.47. The molecule has 0 aliphatic carbocycles. The number of benzene rings is 2. The number of anilines is 1. The summed E-state index contributed by atoms with van der Waals surface area (Å²) < 4.78 is 6.37. The van der Waals surface area contributed by atoms with Crippen molar-refractivity contribution in [2.75, 3.05) is 12.4 Å². The Kier molecular flexibility index (Phi) is 3.49. The summed E-state index contributed by atoms with van der Waals surface area (Å²) in [5.74, 6) is 0.702. The number of para-hydroxylation sites is 1. The highest BCUT2D eigenvalue weighted by atomic mass is 79.9. The van der Waals surface area contributed by atoms with Crippen LogP contribution >= 0.6 is 15.9 Å². The summed E-state index contributed by atoms with van der Waals surface area (Å²) in [4.78, 5) is 12.2. The standard InChI is InChI=1S/C16H14BrNO2/c1-20-15-7-6-11(17)8-10(15)9-13-12-4-2-3-5-14(12)18-16(13)19/h2-8,13H,9H2,1H3,(H,18,19). The number of halogens is 1. The molecule has 0 radical (unpaired) electrons. The lowest BCUT2D eigenvalue weighted by atomic mass is 9.93. The van der Waals surface area contributed by atoms with Crippen molar-refractivity contribution in [3.63, 3.8) is 0 Å². The third-order valence-corrected chi connectivity index (χ3v) is 4.07. The van der Waals surface area contributed by atoms with Crippen LogP contribution in [0.5, 0.6) is 5.75 Å². The van der Waals surface area contributed by atoms with Gasteiger partial charge in [0.15, 0.2) is 0 Å². The van der Waals surface area contributed by atoms with Gasteiger partial charge in [0.05, 0.1) is 13.0 Å². The lowest BCUT2D eigenvalue weighted by Gasteiger charge is -2.13. The Labute approximate surface area is 126 Å².